The van der Waals surface area contributed by atoms with E-state index < -0.39 is 0 Å². The smallest absolute Gasteiger partial charge is 0.00179 e. The fourth-order valence-corrected chi connectivity index (χ4v) is 4.15. The Morgan fingerprint density at radius 2 is 1.95 bits per heavy atom. The van der Waals surface area contributed by atoms with Crippen molar-refractivity contribution in [2.45, 2.75) is 57.8 Å². The minimum absolute atomic E-state index is 0.846. The van der Waals surface area contributed by atoms with E-state index in [-0.39, 0.29) is 0 Å². The molecule has 1 heteroatoms. The Balaban J connectivity index is 1.56. The average molecular weight is 271 g/mol. The van der Waals surface area contributed by atoms with Crippen molar-refractivity contribution in [2.75, 3.05) is 13.1 Å². The summed E-state index contributed by atoms with van der Waals surface area (Å²) in [6.07, 6.45) is 9.74. The van der Waals surface area contributed by atoms with Crippen LogP contribution in [0.1, 0.15) is 62.5 Å². The Labute approximate surface area is 124 Å². The molecule has 2 aliphatic carbocycles. The first-order chi connectivity index (χ1) is 9.88. The van der Waals surface area contributed by atoms with Gasteiger partial charge in [-0.3, -0.25) is 0 Å². The SMILES string of the molecule is CCCNCC1CCC1CC1CCCc2ccccc21. The Hall–Kier alpha value is -0.820. The van der Waals surface area contributed by atoms with E-state index in [2.05, 4.69) is 36.5 Å². The highest BCUT2D eigenvalue weighted by Crippen LogP contribution is 2.44. The van der Waals surface area contributed by atoms with E-state index in [4.69, 9.17) is 0 Å². The lowest BCUT2D eigenvalue weighted by atomic mass is 9.67. The molecule has 1 saturated carbocycles. The fourth-order valence-electron chi connectivity index (χ4n) is 4.15. The molecular formula is C19H29N. The maximum Gasteiger partial charge on any atom is -0.00179 e. The summed E-state index contributed by atoms with van der Waals surface area (Å²) in [6.45, 7) is 4.70. The Kier molecular flexibility index (Phi) is 4.77. The van der Waals surface area contributed by atoms with Crippen LogP contribution in [0.15, 0.2) is 24.3 Å². The van der Waals surface area contributed by atoms with Crippen LogP contribution in [0.2, 0.25) is 0 Å². The summed E-state index contributed by atoms with van der Waals surface area (Å²) in [5.74, 6) is 2.78. The number of hydrogen-bond donors (Lipinski definition) is 1. The predicted octanol–water partition coefficient (Wildman–Crippen LogP) is 4.52. The van der Waals surface area contributed by atoms with Crippen LogP contribution < -0.4 is 5.32 Å². The third kappa shape index (κ3) is 3.09. The molecule has 0 bridgehead atoms. The van der Waals surface area contributed by atoms with E-state index in [0.29, 0.717) is 0 Å². The molecule has 3 unspecified atom stereocenters. The maximum absolute atomic E-state index is 3.62. The molecule has 1 fully saturated rings. The van der Waals surface area contributed by atoms with Crippen molar-refractivity contribution >= 4 is 0 Å². The second-order valence-electron chi connectivity index (χ2n) is 6.83. The third-order valence-electron chi connectivity index (χ3n) is 5.49. The molecule has 1 aromatic rings. The summed E-state index contributed by atoms with van der Waals surface area (Å²) in [5, 5.41) is 3.62. The molecule has 0 amide bonds. The number of fused-ring (bicyclic) bond motifs is 1. The van der Waals surface area contributed by atoms with Crippen molar-refractivity contribution < 1.29 is 0 Å². The van der Waals surface area contributed by atoms with Crippen LogP contribution in [0.5, 0.6) is 0 Å². The highest BCUT2D eigenvalue weighted by molar-refractivity contribution is 5.32. The number of benzene rings is 1. The zero-order valence-corrected chi connectivity index (χ0v) is 12.9. The van der Waals surface area contributed by atoms with E-state index in [1.165, 1.54) is 58.0 Å². The van der Waals surface area contributed by atoms with Crippen LogP contribution in [0, 0.1) is 11.8 Å². The first-order valence-electron chi connectivity index (χ1n) is 8.67. The predicted molar refractivity (Wildman–Crippen MR) is 86.1 cm³/mol. The van der Waals surface area contributed by atoms with Gasteiger partial charge in [0, 0.05) is 0 Å². The number of hydrogen-bond acceptors (Lipinski definition) is 1. The highest BCUT2D eigenvalue weighted by Gasteiger charge is 2.33. The molecule has 20 heavy (non-hydrogen) atoms. The lowest BCUT2D eigenvalue weighted by Gasteiger charge is -2.40. The largest absolute Gasteiger partial charge is 0.316 e. The van der Waals surface area contributed by atoms with Crippen LogP contribution >= 0.6 is 0 Å². The third-order valence-corrected chi connectivity index (χ3v) is 5.49. The van der Waals surface area contributed by atoms with Crippen molar-refractivity contribution in [3.05, 3.63) is 35.4 Å². The van der Waals surface area contributed by atoms with Gasteiger partial charge in [0.2, 0.25) is 0 Å². The average Bonchev–Trinajstić information content (AvgIpc) is 2.48. The fraction of sp³-hybridized carbons (Fsp3) is 0.684. The van der Waals surface area contributed by atoms with Crippen molar-refractivity contribution in [2.24, 2.45) is 11.8 Å². The second kappa shape index (κ2) is 6.76. The highest BCUT2D eigenvalue weighted by atomic mass is 14.9. The minimum Gasteiger partial charge on any atom is -0.316 e. The second-order valence-corrected chi connectivity index (χ2v) is 6.83. The Morgan fingerprint density at radius 1 is 1.10 bits per heavy atom. The number of nitrogens with one attached hydrogen (secondary N) is 1. The van der Waals surface area contributed by atoms with Crippen molar-refractivity contribution in [3.8, 4) is 0 Å². The Morgan fingerprint density at radius 3 is 2.75 bits per heavy atom. The van der Waals surface area contributed by atoms with Crippen molar-refractivity contribution in [1.82, 2.24) is 5.32 Å². The molecular weight excluding hydrogens is 242 g/mol. The zero-order valence-electron chi connectivity index (χ0n) is 12.9. The molecule has 1 N–H and O–H groups in total. The zero-order chi connectivity index (χ0) is 13.8. The monoisotopic (exact) mass is 271 g/mol. The molecule has 3 atom stereocenters. The van der Waals surface area contributed by atoms with Gasteiger partial charge in [0.05, 0.1) is 0 Å². The molecule has 1 nitrogen and oxygen atoms in total. The number of aryl methyl sites for hydroxylation is 1. The molecule has 1 aromatic carbocycles. The first-order valence-corrected chi connectivity index (χ1v) is 8.67. The van der Waals surface area contributed by atoms with Crippen LogP contribution in [-0.4, -0.2) is 13.1 Å². The molecule has 0 heterocycles. The van der Waals surface area contributed by atoms with Gasteiger partial charge in [-0.15, -0.1) is 0 Å². The minimum atomic E-state index is 0.846. The maximum atomic E-state index is 3.62. The van der Waals surface area contributed by atoms with Gasteiger partial charge in [-0.2, -0.15) is 0 Å². The Bertz CT molecular complexity index is 426. The topological polar surface area (TPSA) is 12.0 Å². The lowest BCUT2D eigenvalue weighted by molar-refractivity contribution is 0.147. The quantitative estimate of drug-likeness (QED) is 0.750. The normalized spacial score (nSPS) is 28.8. The van der Waals surface area contributed by atoms with Gasteiger partial charge in [0.25, 0.3) is 0 Å². The van der Waals surface area contributed by atoms with E-state index in [1.54, 1.807) is 11.1 Å². The van der Waals surface area contributed by atoms with Gasteiger partial charge in [0.1, 0.15) is 0 Å². The van der Waals surface area contributed by atoms with E-state index in [0.717, 1.165) is 17.8 Å². The van der Waals surface area contributed by atoms with Crippen LogP contribution in [0.4, 0.5) is 0 Å². The molecule has 3 rings (SSSR count). The summed E-state index contributed by atoms with van der Waals surface area (Å²) in [6, 6.07) is 9.19. The molecule has 0 spiro atoms. The van der Waals surface area contributed by atoms with Gasteiger partial charge in [0.15, 0.2) is 0 Å². The molecule has 2 aliphatic rings. The van der Waals surface area contributed by atoms with E-state index in [9.17, 15) is 0 Å². The van der Waals surface area contributed by atoms with Gasteiger partial charge in [-0.1, -0.05) is 31.2 Å². The summed E-state index contributed by atoms with van der Waals surface area (Å²) >= 11 is 0. The van der Waals surface area contributed by atoms with Crippen molar-refractivity contribution in [1.29, 1.82) is 0 Å². The van der Waals surface area contributed by atoms with Crippen LogP contribution in [0.25, 0.3) is 0 Å². The van der Waals surface area contributed by atoms with E-state index >= 15 is 0 Å². The first kappa shape index (κ1) is 14.1. The molecule has 0 aromatic heterocycles. The van der Waals surface area contributed by atoms with Gasteiger partial charge < -0.3 is 5.32 Å². The molecule has 110 valence electrons. The number of rotatable bonds is 6. The molecule has 0 radical (unpaired) electrons. The van der Waals surface area contributed by atoms with Gasteiger partial charge in [-0.25, -0.2) is 0 Å². The van der Waals surface area contributed by atoms with Crippen molar-refractivity contribution in [3.63, 3.8) is 0 Å². The lowest BCUT2D eigenvalue weighted by Crippen LogP contribution is -2.36. The summed E-state index contributed by atoms with van der Waals surface area (Å²) in [4.78, 5) is 0. The van der Waals surface area contributed by atoms with E-state index in [1.807, 2.05) is 0 Å². The molecule has 0 saturated heterocycles. The standard InChI is InChI=1S/C19H29N/c1-2-12-20-14-18-11-10-16(18)13-17-8-5-7-15-6-3-4-9-19(15)17/h3-4,6,9,16-18,20H,2,5,7-8,10-14H2,1H3. The van der Waals surface area contributed by atoms with Crippen LogP contribution in [0.3, 0.4) is 0 Å². The van der Waals surface area contributed by atoms with Crippen LogP contribution in [-0.2, 0) is 6.42 Å². The van der Waals surface area contributed by atoms with Gasteiger partial charge >= 0.3 is 0 Å². The molecule has 0 aliphatic heterocycles. The summed E-state index contributed by atoms with van der Waals surface area (Å²) in [5.41, 5.74) is 3.30. The summed E-state index contributed by atoms with van der Waals surface area (Å²) < 4.78 is 0. The van der Waals surface area contributed by atoms with Gasteiger partial charge in [-0.05, 0) is 86.9 Å². The summed E-state index contributed by atoms with van der Waals surface area (Å²) in [7, 11) is 0.